The van der Waals surface area contributed by atoms with Crippen LogP contribution in [0.5, 0.6) is 0 Å². The zero-order valence-corrected chi connectivity index (χ0v) is 9.52. The van der Waals surface area contributed by atoms with Gasteiger partial charge in [0.25, 0.3) is 0 Å². The summed E-state index contributed by atoms with van der Waals surface area (Å²) >= 11 is 12.2. The molecule has 0 amide bonds. The van der Waals surface area contributed by atoms with E-state index in [1.807, 2.05) is 13.0 Å². The Balaban J connectivity index is 2.39. The van der Waals surface area contributed by atoms with Crippen LogP contribution >= 0.6 is 23.2 Å². The topological polar surface area (TPSA) is 40.7 Å². The Morgan fingerprint density at radius 1 is 1.33 bits per heavy atom. The normalized spacial score (nSPS) is 10.3. The second-order valence-electron chi connectivity index (χ2n) is 3.12. The number of hydrogen-bond acceptors (Lipinski definition) is 2. The largest absolute Gasteiger partial charge is 0.331 e. The molecule has 2 rings (SSSR count). The second kappa shape index (κ2) is 4.13. The Bertz CT molecular complexity index is 466. The highest BCUT2D eigenvalue weighted by atomic mass is 35.5. The molecular formula is C10H9Cl2N3. The third-order valence-corrected chi connectivity index (χ3v) is 2.83. The molecule has 0 atom stereocenters. The lowest BCUT2D eigenvalue weighted by Crippen LogP contribution is -1.95. The highest BCUT2D eigenvalue weighted by Crippen LogP contribution is 2.34. The van der Waals surface area contributed by atoms with Crippen LogP contribution in [-0.4, -0.2) is 9.97 Å². The predicted molar refractivity (Wildman–Crippen MR) is 63.1 cm³/mol. The Hall–Kier alpha value is -1.19. The minimum atomic E-state index is 0.571. The van der Waals surface area contributed by atoms with Gasteiger partial charge < -0.3 is 10.3 Å². The van der Waals surface area contributed by atoms with Crippen molar-refractivity contribution in [2.75, 3.05) is 5.32 Å². The molecule has 1 aromatic carbocycles. The van der Waals surface area contributed by atoms with Gasteiger partial charge in [0, 0.05) is 12.4 Å². The van der Waals surface area contributed by atoms with E-state index in [9.17, 15) is 0 Å². The summed E-state index contributed by atoms with van der Waals surface area (Å²) in [5.74, 6) is 0.615. The van der Waals surface area contributed by atoms with Crippen LogP contribution in [0.15, 0.2) is 24.5 Å². The second-order valence-corrected chi connectivity index (χ2v) is 3.90. The summed E-state index contributed by atoms with van der Waals surface area (Å²) in [5, 5.41) is 4.21. The fraction of sp³-hybridized carbons (Fsp3) is 0.100. The standard InChI is InChI=1S/C10H9Cl2N3/c1-6-2-3-7(11)9(8(6)12)15-10-13-4-5-14-10/h2-5H,1H3,(H2,13,14,15). The van der Waals surface area contributed by atoms with Crippen LogP contribution in [0, 0.1) is 6.92 Å². The molecular weight excluding hydrogens is 233 g/mol. The van der Waals surface area contributed by atoms with Crippen LogP contribution in [-0.2, 0) is 0 Å². The number of nitrogens with one attached hydrogen (secondary N) is 2. The molecule has 0 fully saturated rings. The number of imidazole rings is 1. The zero-order chi connectivity index (χ0) is 10.8. The van der Waals surface area contributed by atoms with Gasteiger partial charge in [0.1, 0.15) is 0 Å². The number of H-pyrrole nitrogens is 1. The van der Waals surface area contributed by atoms with Crippen LogP contribution < -0.4 is 5.32 Å². The number of benzene rings is 1. The summed E-state index contributed by atoms with van der Waals surface area (Å²) in [6.45, 7) is 1.92. The smallest absolute Gasteiger partial charge is 0.204 e. The first-order valence-corrected chi connectivity index (χ1v) is 5.15. The Labute approximate surface area is 97.4 Å². The fourth-order valence-corrected chi connectivity index (χ4v) is 1.69. The van der Waals surface area contributed by atoms with Crippen molar-refractivity contribution in [2.24, 2.45) is 0 Å². The van der Waals surface area contributed by atoms with Gasteiger partial charge in [-0.1, -0.05) is 29.3 Å². The number of aromatic nitrogens is 2. The van der Waals surface area contributed by atoms with Gasteiger partial charge in [-0.2, -0.15) is 0 Å². The molecule has 0 radical (unpaired) electrons. The van der Waals surface area contributed by atoms with E-state index < -0.39 is 0 Å². The summed E-state index contributed by atoms with van der Waals surface area (Å²) in [4.78, 5) is 6.96. The quantitative estimate of drug-likeness (QED) is 0.841. The van der Waals surface area contributed by atoms with Crippen molar-refractivity contribution >= 4 is 34.8 Å². The van der Waals surface area contributed by atoms with Crippen molar-refractivity contribution < 1.29 is 0 Å². The molecule has 2 N–H and O–H groups in total. The molecule has 1 aromatic heterocycles. The lowest BCUT2D eigenvalue weighted by Gasteiger charge is -2.09. The van der Waals surface area contributed by atoms with Crippen LogP contribution in [0.3, 0.4) is 0 Å². The summed E-state index contributed by atoms with van der Waals surface area (Å²) in [5.41, 5.74) is 1.64. The van der Waals surface area contributed by atoms with Gasteiger partial charge >= 0.3 is 0 Å². The van der Waals surface area contributed by atoms with E-state index in [2.05, 4.69) is 15.3 Å². The summed E-state index contributed by atoms with van der Waals surface area (Å²) < 4.78 is 0. The zero-order valence-electron chi connectivity index (χ0n) is 8.01. The Kier molecular flexibility index (Phi) is 2.84. The maximum Gasteiger partial charge on any atom is 0.204 e. The molecule has 15 heavy (non-hydrogen) atoms. The van der Waals surface area contributed by atoms with Crippen molar-refractivity contribution in [2.45, 2.75) is 6.92 Å². The molecule has 3 nitrogen and oxygen atoms in total. The highest BCUT2D eigenvalue weighted by molar-refractivity contribution is 6.39. The average molecular weight is 242 g/mol. The van der Waals surface area contributed by atoms with Crippen molar-refractivity contribution in [1.29, 1.82) is 0 Å². The molecule has 0 saturated carbocycles. The molecule has 0 saturated heterocycles. The average Bonchev–Trinajstić information content (AvgIpc) is 2.71. The van der Waals surface area contributed by atoms with Gasteiger partial charge in [0.15, 0.2) is 0 Å². The fourth-order valence-electron chi connectivity index (χ4n) is 1.22. The lowest BCUT2D eigenvalue weighted by molar-refractivity contribution is 1.28. The third-order valence-electron chi connectivity index (χ3n) is 2.03. The maximum absolute atomic E-state index is 6.13. The SMILES string of the molecule is Cc1ccc(Cl)c(Nc2ncc[nH]2)c1Cl. The van der Waals surface area contributed by atoms with E-state index >= 15 is 0 Å². The molecule has 0 aliphatic heterocycles. The van der Waals surface area contributed by atoms with E-state index in [0.717, 1.165) is 5.56 Å². The molecule has 0 bridgehead atoms. The van der Waals surface area contributed by atoms with Crippen LogP contribution in [0.2, 0.25) is 10.0 Å². The lowest BCUT2D eigenvalue weighted by atomic mass is 10.2. The molecule has 0 aliphatic carbocycles. The first-order valence-electron chi connectivity index (χ1n) is 4.39. The summed E-state index contributed by atoms with van der Waals surface area (Å²) in [7, 11) is 0. The van der Waals surface area contributed by atoms with Crippen molar-refractivity contribution in [3.05, 3.63) is 40.1 Å². The molecule has 2 aromatic rings. The van der Waals surface area contributed by atoms with E-state index in [4.69, 9.17) is 23.2 Å². The minimum Gasteiger partial charge on any atom is -0.331 e. The number of anilines is 2. The summed E-state index contributed by atoms with van der Waals surface area (Å²) in [6.07, 6.45) is 3.37. The Morgan fingerprint density at radius 2 is 2.13 bits per heavy atom. The molecule has 78 valence electrons. The van der Waals surface area contributed by atoms with E-state index in [1.54, 1.807) is 18.5 Å². The third kappa shape index (κ3) is 2.08. The van der Waals surface area contributed by atoms with Gasteiger partial charge in [-0.3, -0.25) is 0 Å². The molecule has 1 heterocycles. The molecule has 0 spiro atoms. The Morgan fingerprint density at radius 3 is 2.80 bits per heavy atom. The number of hydrogen-bond donors (Lipinski definition) is 2. The molecule has 5 heteroatoms. The number of aromatic amines is 1. The monoisotopic (exact) mass is 241 g/mol. The number of nitrogens with zero attached hydrogens (tertiary/aromatic N) is 1. The van der Waals surface area contributed by atoms with Crippen molar-refractivity contribution in [1.82, 2.24) is 9.97 Å². The van der Waals surface area contributed by atoms with Gasteiger partial charge in [-0.25, -0.2) is 4.98 Å². The van der Waals surface area contributed by atoms with Gasteiger partial charge in [-0.15, -0.1) is 0 Å². The number of rotatable bonds is 2. The minimum absolute atomic E-state index is 0.571. The van der Waals surface area contributed by atoms with E-state index in [1.165, 1.54) is 0 Å². The van der Waals surface area contributed by atoms with Gasteiger partial charge in [0.2, 0.25) is 5.95 Å². The first-order chi connectivity index (χ1) is 7.18. The van der Waals surface area contributed by atoms with Crippen LogP contribution in [0.1, 0.15) is 5.56 Å². The first kappa shape index (κ1) is 10.3. The van der Waals surface area contributed by atoms with Crippen molar-refractivity contribution in [3.63, 3.8) is 0 Å². The van der Waals surface area contributed by atoms with Crippen LogP contribution in [0.4, 0.5) is 11.6 Å². The highest BCUT2D eigenvalue weighted by Gasteiger charge is 2.09. The predicted octanol–water partition coefficient (Wildman–Crippen LogP) is 3.77. The maximum atomic E-state index is 6.13. The van der Waals surface area contributed by atoms with Gasteiger partial charge in [-0.05, 0) is 18.6 Å². The molecule has 0 aliphatic rings. The van der Waals surface area contributed by atoms with Gasteiger partial charge in [0.05, 0.1) is 15.7 Å². The number of halogens is 2. The number of aryl methyl sites for hydroxylation is 1. The van der Waals surface area contributed by atoms with E-state index in [0.29, 0.717) is 21.7 Å². The van der Waals surface area contributed by atoms with E-state index in [-0.39, 0.29) is 0 Å². The summed E-state index contributed by atoms with van der Waals surface area (Å²) in [6, 6.07) is 3.67. The van der Waals surface area contributed by atoms with Crippen LogP contribution in [0.25, 0.3) is 0 Å². The van der Waals surface area contributed by atoms with Crippen molar-refractivity contribution in [3.8, 4) is 0 Å². The molecule has 0 unspecified atom stereocenters.